The Balaban J connectivity index is 2.34. The third kappa shape index (κ3) is 4.02. The summed E-state index contributed by atoms with van der Waals surface area (Å²) < 4.78 is 45.6. The first-order valence-electron chi connectivity index (χ1n) is 6.97. The molecule has 0 fully saturated rings. The van der Waals surface area contributed by atoms with Crippen LogP contribution in [0.5, 0.6) is 5.75 Å². The number of sulfonamides is 1. The van der Waals surface area contributed by atoms with Gasteiger partial charge in [-0.15, -0.1) is 0 Å². The van der Waals surface area contributed by atoms with Crippen molar-refractivity contribution in [1.29, 1.82) is 0 Å². The normalized spacial score (nSPS) is 11.0. The third-order valence-electron chi connectivity index (χ3n) is 3.19. The molecule has 2 aromatic rings. The van der Waals surface area contributed by atoms with Gasteiger partial charge in [-0.05, 0) is 42.8 Å². The number of carbonyl (C=O) groups is 1. The second kappa shape index (κ2) is 6.88. The number of methoxy groups -OCH3 is 1. The molecular formula is C16H17FN2O4S. The van der Waals surface area contributed by atoms with Gasteiger partial charge in [0.2, 0.25) is 5.91 Å². The Bertz CT molecular complexity index is 882. The highest BCUT2D eigenvalue weighted by Gasteiger charge is 2.18. The van der Waals surface area contributed by atoms with E-state index in [4.69, 9.17) is 4.74 Å². The zero-order chi connectivity index (χ0) is 17.9. The van der Waals surface area contributed by atoms with E-state index in [2.05, 4.69) is 10.0 Å². The van der Waals surface area contributed by atoms with Gasteiger partial charge in [-0.2, -0.15) is 0 Å². The number of halogens is 1. The van der Waals surface area contributed by atoms with Crippen molar-refractivity contribution in [2.24, 2.45) is 0 Å². The lowest BCUT2D eigenvalue weighted by atomic mass is 10.2. The summed E-state index contributed by atoms with van der Waals surface area (Å²) in [7, 11) is -2.48. The lowest BCUT2D eigenvalue weighted by Gasteiger charge is -2.13. The van der Waals surface area contributed by atoms with Gasteiger partial charge in [-0.1, -0.05) is 0 Å². The molecule has 0 saturated heterocycles. The number of benzene rings is 2. The van der Waals surface area contributed by atoms with Gasteiger partial charge in [0, 0.05) is 13.0 Å². The number of nitrogens with one attached hydrogen (secondary N) is 2. The van der Waals surface area contributed by atoms with Crippen molar-refractivity contribution < 1.29 is 22.3 Å². The molecule has 1 amide bonds. The maximum Gasteiger partial charge on any atom is 0.262 e. The SMILES string of the molecule is COc1cc(NS(=O)(=O)c2ccc(F)cc2C)ccc1NC(C)=O. The quantitative estimate of drug-likeness (QED) is 0.866. The van der Waals surface area contributed by atoms with E-state index >= 15 is 0 Å². The molecule has 2 rings (SSSR count). The number of carbonyl (C=O) groups excluding carboxylic acids is 1. The smallest absolute Gasteiger partial charge is 0.262 e. The van der Waals surface area contributed by atoms with Crippen LogP contribution < -0.4 is 14.8 Å². The Morgan fingerprint density at radius 3 is 2.46 bits per heavy atom. The number of rotatable bonds is 5. The molecule has 0 saturated carbocycles. The standard InChI is InChI=1S/C16H17FN2O4S/c1-10-8-12(17)4-7-16(10)24(21,22)19-13-5-6-14(18-11(2)20)15(9-13)23-3/h4-9,19H,1-3H3,(H,18,20). The number of ether oxygens (including phenoxy) is 1. The highest BCUT2D eigenvalue weighted by atomic mass is 32.2. The summed E-state index contributed by atoms with van der Waals surface area (Å²) in [5, 5.41) is 2.58. The van der Waals surface area contributed by atoms with Crippen LogP contribution in [0.15, 0.2) is 41.3 Å². The molecule has 0 aliphatic heterocycles. The Labute approximate surface area is 139 Å². The Morgan fingerprint density at radius 2 is 1.88 bits per heavy atom. The van der Waals surface area contributed by atoms with Crippen LogP contribution in [0.25, 0.3) is 0 Å². The Morgan fingerprint density at radius 1 is 1.17 bits per heavy atom. The maximum atomic E-state index is 13.1. The molecule has 6 nitrogen and oxygen atoms in total. The number of hydrogen-bond acceptors (Lipinski definition) is 4. The van der Waals surface area contributed by atoms with E-state index < -0.39 is 15.8 Å². The predicted octanol–water partition coefficient (Wildman–Crippen LogP) is 2.90. The van der Waals surface area contributed by atoms with Crippen LogP contribution in [0.2, 0.25) is 0 Å². The average Bonchev–Trinajstić information content (AvgIpc) is 2.47. The highest BCUT2D eigenvalue weighted by molar-refractivity contribution is 7.92. The summed E-state index contributed by atoms with van der Waals surface area (Å²) >= 11 is 0. The average molecular weight is 352 g/mol. The van der Waals surface area contributed by atoms with Crippen LogP contribution in [0.1, 0.15) is 12.5 Å². The van der Waals surface area contributed by atoms with E-state index in [9.17, 15) is 17.6 Å². The van der Waals surface area contributed by atoms with E-state index in [-0.39, 0.29) is 16.5 Å². The molecule has 0 aliphatic rings. The summed E-state index contributed by atoms with van der Waals surface area (Å²) in [6.45, 7) is 2.87. The van der Waals surface area contributed by atoms with Crippen molar-refractivity contribution in [3.05, 3.63) is 47.8 Å². The summed E-state index contributed by atoms with van der Waals surface area (Å²) in [5.41, 5.74) is 0.972. The fraction of sp³-hybridized carbons (Fsp3) is 0.188. The monoisotopic (exact) mass is 352 g/mol. The number of aryl methyl sites for hydroxylation is 1. The number of anilines is 2. The van der Waals surface area contributed by atoms with Crippen molar-refractivity contribution in [2.75, 3.05) is 17.1 Å². The van der Waals surface area contributed by atoms with Crippen LogP contribution in [0.3, 0.4) is 0 Å². The topological polar surface area (TPSA) is 84.5 Å². The molecule has 128 valence electrons. The van der Waals surface area contributed by atoms with E-state index in [1.54, 1.807) is 0 Å². The van der Waals surface area contributed by atoms with Gasteiger partial charge >= 0.3 is 0 Å². The first kappa shape index (κ1) is 17.7. The minimum absolute atomic E-state index is 0.0196. The van der Waals surface area contributed by atoms with Gasteiger partial charge in [0.05, 0.1) is 23.4 Å². The van der Waals surface area contributed by atoms with Crippen LogP contribution >= 0.6 is 0 Å². The zero-order valence-electron chi connectivity index (χ0n) is 13.4. The van der Waals surface area contributed by atoms with Crippen molar-refractivity contribution in [3.8, 4) is 5.75 Å². The second-order valence-electron chi connectivity index (χ2n) is 5.11. The van der Waals surface area contributed by atoms with Gasteiger partial charge in [0.25, 0.3) is 10.0 Å². The molecule has 24 heavy (non-hydrogen) atoms. The molecule has 2 aromatic carbocycles. The number of amides is 1. The molecule has 0 heterocycles. The predicted molar refractivity (Wildman–Crippen MR) is 89.2 cm³/mol. The first-order valence-corrected chi connectivity index (χ1v) is 8.46. The minimum Gasteiger partial charge on any atom is -0.494 e. The molecule has 0 aromatic heterocycles. The largest absolute Gasteiger partial charge is 0.494 e. The molecule has 0 radical (unpaired) electrons. The molecule has 0 unspecified atom stereocenters. The summed E-state index contributed by atoms with van der Waals surface area (Å²) in [6, 6.07) is 7.90. The fourth-order valence-electron chi connectivity index (χ4n) is 2.17. The molecule has 0 bridgehead atoms. The van der Waals surface area contributed by atoms with E-state index in [0.29, 0.717) is 17.0 Å². The van der Waals surface area contributed by atoms with Crippen LogP contribution in [-0.4, -0.2) is 21.4 Å². The third-order valence-corrected chi connectivity index (χ3v) is 4.73. The van der Waals surface area contributed by atoms with Gasteiger partial charge in [-0.3, -0.25) is 9.52 Å². The molecule has 0 aliphatic carbocycles. The highest BCUT2D eigenvalue weighted by Crippen LogP contribution is 2.29. The number of hydrogen-bond donors (Lipinski definition) is 2. The molecule has 0 spiro atoms. The van der Waals surface area contributed by atoms with Crippen molar-refractivity contribution in [2.45, 2.75) is 18.7 Å². The van der Waals surface area contributed by atoms with Crippen molar-refractivity contribution >= 4 is 27.3 Å². The fourth-order valence-corrected chi connectivity index (χ4v) is 3.45. The van der Waals surface area contributed by atoms with E-state index in [1.165, 1.54) is 45.2 Å². The van der Waals surface area contributed by atoms with Gasteiger partial charge in [-0.25, -0.2) is 12.8 Å². The first-order chi connectivity index (χ1) is 11.2. The van der Waals surface area contributed by atoms with Crippen molar-refractivity contribution in [3.63, 3.8) is 0 Å². The van der Waals surface area contributed by atoms with Gasteiger partial charge in [0.15, 0.2) is 0 Å². The summed E-state index contributed by atoms with van der Waals surface area (Å²) in [4.78, 5) is 11.1. The molecule has 8 heteroatoms. The zero-order valence-corrected chi connectivity index (χ0v) is 14.2. The Kier molecular flexibility index (Phi) is 5.08. The Hall–Kier alpha value is -2.61. The van der Waals surface area contributed by atoms with E-state index in [1.807, 2.05) is 0 Å². The lowest BCUT2D eigenvalue weighted by molar-refractivity contribution is -0.114. The van der Waals surface area contributed by atoms with Gasteiger partial charge < -0.3 is 10.1 Å². The van der Waals surface area contributed by atoms with Crippen molar-refractivity contribution in [1.82, 2.24) is 0 Å². The lowest BCUT2D eigenvalue weighted by Crippen LogP contribution is -2.15. The maximum absolute atomic E-state index is 13.1. The molecular weight excluding hydrogens is 335 g/mol. The van der Waals surface area contributed by atoms with Crippen LogP contribution in [0, 0.1) is 12.7 Å². The van der Waals surface area contributed by atoms with Crippen LogP contribution in [-0.2, 0) is 14.8 Å². The molecule has 0 atom stereocenters. The molecule has 2 N–H and O–H groups in total. The summed E-state index contributed by atoms with van der Waals surface area (Å²) in [6.07, 6.45) is 0. The summed E-state index contributed by atoms with van der Waals surface area (Å²) in [5.74, 6) is -0.474. The van der Waals surface area contributed by atoms with E-state index in [0.717, 1.165) is 12.1 Å². The second-order valence-corrected chi connectivity index (χ2v) is 6.76. The van der Waals surface area contributed by atoms with Gasteiger partial charge in [0.1, 0.15) is 11.6 Å². The van der Waals surface area contributed by atoms with Crippen LogP contribution in [0.4, 0.5) is 15.8 Å². The minimum atomic E-state index is -3.88.